The molecule has 0 saturated carbocycles. The molecule has 136 valence electrons. The zero-order chi connectivity index (χ0) is 18.6. The summed E-state index contributed by atoms with van der Waals surface area (Å²) < 4.78 is 12.1. The summed E-state index contributed by atoms with van der Waals surface area (Å²) in [6, 6.07) is 26.0. The van der Waals surface area contributed by atoms with Gasteiger partial charge in [-0.3, -0.25) is 0 Å². The quantitative estimate of drug-likeness (QED) is 0.434. The topological polar surface area (TPSA) is 38.7 Å². The van der Waals surface area contributed by atoms with Gasteiger partial charge in [0.25, 0.3) is 0 Å². The largest absolute Gasteiger partial charge is 0.490 e. The molecule has 0 spiro atoms. The zero-order valence-electron chi connectivity index (χ0n) is 15.3. The Morgan fingerprint density at radius 3 is 2.33 bits per heavy atom. The van der Waals surface area contributed by atoms with Gasteiger partial charge in [0.2, 0.25) is 0 Å². The van der Waals surface area contributed by atoms with E-state index in [0.717, 1.165) is 38.8 Å². The Kier molecular flexibility index (Phi) is 4.95. The molecule has 0 saturated heterocycles. The minimum Gasteiger partial charge on any atom is -0.490 e. The van der Waals surface area contributed by atoms with E-state index in [1.165, 1.54) is 0 Å². The van der Waals surface area contributed by atoms with Crippen LogP contribution in [0.4, 0.5) is 0 Å². The van der Waals surface area contributed by atoms with Crippen molar-refractivity contribution in [1.82, 2.24) is 0 Å². The third-order valence-electron chi connectivity index (χ3n) is 4.66. The van der Waals surface area contributed by atoms with Crippen LogP contribution in [0.2, 0.25) is 0 Å². The monoisotopic (exact) mass is 358 g/mol. The van der Waals surface area contributed by atoms with Crippen molar-refractivity contribution in [3.63, 3.8) is 0 Å². The smallest absolute Gasteiger partial charge is 0.135 e. The van der Waals surface area contributed by atoms with E-state index in [0.29, 0.717) is 6.42 Å². The lowest BCUT2D eigenvalue weighted by Crippen LogP contribution is -2.16. The number of para-hydroxylation sites is 1. The average Bonchev–Trinajstić information content (AvgIpc) is 2.71. The van der Waals surface area contributed by atoms with Gasteiger partial charge in [0.15, 0.2) is 0 Å². The van der Waals surface area contributed by atoms with Gasteiger partial charge >= 0.3 is 0 Å². The highest BCUT2D eigenvalue weighted by Crippen LogP contribution is 2.37. The first-order valence-corrected chi connectivity index (χ1v) is 9.24. The van der Waals surface area contributed by atoms with E-state index in [1.807, 2.05) is 73.7 Å². The molecule has 1 N–H and O–H groups in total. The van der Waals surface area contributed by atoms with Crippen LogP contribution in [0.25, 0.3) is 21.5 Å². The molecule has 27 heavy (non-hydrogen) atoms. The van der Waals surface area contributed by atoms with E-state index in [1.54, 1.807) is 0 Å². The standard InChI is InChI=1S/C24H22O3/c1-2-19(25)16-26-24-22-11-7-6-8-17(22)14-18-12-13-21(15-23(18)24)27-20-9-4-3-5-10-20/h3-15,19,25H,2,16H2,1H3. The molecule has 0 aliphatic carbocycles. The second-order valence-corrected chi connectivity index (χ2v) is 6.60. The van der Waals surface area contributed by atoms with Crippen molar-refractivity contribution in [3.8, 4) is 17.2 Å². The number of ether oxygens (including phenoxy) is 2. The van der Waals surface area contributed by atoms with Gasteiger partial charge in [0, 0.05) is 10.8 Å². The second kappa shape index (κ2) is 7.68. The molecule has 0 radical (unpaired) electrons. The number of aliphatic hydroxyl groups excluding tert-OH is 1. The SMILES string of the molecule is CCC(O)COc1c2ccccc2cc2ccc(Oc3ccccc3)cc12. The van der Waals surface area contributed by atoms with Crippen LogP contribution >= 0.6 is 0 Å². The predicted molar refractivity (Wildman–Crippen MR) is 110 cm³/mol. The number of benzene rings is 4. The van der Waals surface area contributed by atoms with Crippen LogP contribution in [0.3, 0.4) is 0 Å². The van der Waals surface area contributed by atoms with E-state index < -0.39 is 6.10 Å². The van der Waals surface area contributed by atoms with Crippen LogP contribution in [-0.4, -0.2) is 17.8 Å². The van der Waals surface area contributed by atoms with E-state index in [2.05, 4.69) is 12.1 Å². The Hall–Kier alpha value is -3.04. The van der Waals surface area contributed by atoms with Crippen molar-refractivity contribution in [2.24, 2.45) is 0 Å². The highest BCUT2D eigenvalue weighted by Gasteiger charge is 2.12. The van der Waals surface area contributed by atoms with Gasteiger partial charge in [0.1, 0.15) is 23.9 Å². The predicted octanol–water partition coefficient (Wildman–Crippen LogP) is 5.94. The van der Waals surface area contributed by atoms with Gasteiger partial charge in [0.05, 0.1) is 6.10 Å². The van der Waals surface area contributed by atoms with Gasteiger partial charge in [-0.05, 0) is 47.5 Å². The Morgan fingerprint density at radius 1 is 0.778 bits per heavy atom. The maximum atomic E-state index is 9.96. The van der Waals surface area contributed by atoms with Crippen LogP contribution in [0.5, 0.6) is 17.2 Å². The van der Waals surface area contributed by atoms with Crippen molar-refractivity contribution in [2.45, 2.75) is 19.4 Å². The molecule has 0 bridgehead atoms. The summed E-state index contributed by atoms with van der Waals surface area (Å²) in [4.78, 5) is 0. The van der Waals surface area contributed by atoms with Gasteiger partial charge in [-0.25, -0.2) is 0 Å². The fourth-order valence-corrected chi connectivity index (χ4v) is 3.14. The molecule has 0 fully saturated rings. The van der Waals surface area contributed by atoms with Crippen molar-refractivity contribution in [3.05, 3.63) is 78.9 Å². The lowest BCUT2D eigenvalue weighted by Gasteiger charge is -2.16. The third kappa shape index (κ3) is 3.74. The number of hydrogen-bond donors (Lipinski definition) is 1. The fraction of sp³-hybridized carbons (Fsp3) is 0.167. The van der Waals surface area contributed by atoms with E-state index in [9.17, 15) is 5.11 Å². The first kappa shape index (κ1) is 17.4. The number of fused-ring (bicyclic) bond motifs is 2. The number of aliphatic hydroxyl groups is 1. The summed E-state index contributed by atoms with van der Waals surface area (Å²) in [5.41, 5.74) is 0. The first-order chi connectivity index (χ1) is 13.2. The van der Waals surface area contributed by atoms with Crippen LogP contribution in [0, 0.1) is 0 Å². The second-order valence-electron chi connectivity index (χ2n) is 6.60. The normalized spacial score (nSPS) is 12.2. The summed E-state index contributed by atoms with van der Waals surface area (Å²) in [5.74, 6) is 2.33. The number of rotatable bonds is 6. The van der Waals surface area contributed by atoms with Crippen LogP contribution in [-0.2, 0) is 0 Å². The summed E-state index contributed by atoms with van der Waals surface area (Å²) in [6.45, 7) is 2.21. The molecular formula is C24H22O3. The molecule has 4 aromatic rings. The van der Waals surface area contributed by atoms with Gasteiger partial charge in [-0.1, -0.05) is 55.5 Å². The lowest BCUT2D eigenvalue weighted by atomic mass is 10.0. The summed E-state index contributed by atoms with van der Waals surface area (Å²) >= 11 is 0. The Labute approximate surface area is 158 Å². The molecule has 1 unspecified atom stereocenters. The van der Waals surface area contributed by atoms with Gasteiger partial charge in [-0.2, -0.15) is 0 Å². The molecule has 3 heteroatoms. The maximum Gasteiger partial charge on any atom is 0.135 e. The Balaban J connectivity index is 1.81. The van der Waals surface area contributed by atoms with Crippen LogP contribution in [0.1, 0.15) is 13.3 Å². The van der Waals surface area contributed by atoms with E-state index >= 15 is 0 Å². The molecule has 0 aliphatic rings. The first-order valence-electron chi connectivity index (χ1n) is 9.24. The summed E-state index contributed by atoms with van der Waals surface area (Å²) in [7, 11) is 0. The highest BCUT2D eigenvalue weighted by molar-refractivity contribution is 6.05. The molecule has 1 atom stereocenters. The van der Waals surface area contributed by atoms with Gasteiger partial charge in [-0.15, -0.1) is 0 Å². The minimum atomic E-state index is -0.484. The van der Waals surface area contributed by atoms with Crippen LogP contribution < -0.4 is 9.47 Å². The maximum absolute atomic E-state index is 9.96. The molecule has 4 rings (SSSR count). The summed E-state index contributed by atoms with van der Waals surface area (Å²) in [6.07, 6.45) is 0.174. The van der Waals surface area contributed by atoms with Crippen LogP contribution in [0.15, 0.2) is 78.9 Å². The molecular weight excluding hydrogens is 336 g/mol. The number of hydrogen-bond acceptors (Lipinski definition) is 3. The van der Waals surface area contributed by atoms with Crippen molar-refractivity contribution < 1.29 is 14.6 Å². The van der Waals surface area contributed by atoms with Crippen molar-refractivity contribution in [1.29, 1.82) is 0 Å². The lowest BCUT2D eigenvalue weighted by molar-refractivity contribution is 0.106. The molecule has 0 aliphatic heterocycles. The zero-order valence-corrected chi connectivity index (χ0v) is 15.3. The minimum absolute atomic E-state index is 0.267. The Bertz CT molecular complexity index is 1060. The van der Waals surface area contributed by atoms with Crippen molar-refractivity contribution in [2.75, 3.05) is 6.61 Å². The van der Waals surface area contributed by atoms with Gasteiger partial charge < -0.3 is 14.6 Å². The molecule has 0 amide bonds. The molecule has 4 aromatic carbocycles. The van der Waals surface area contributed by atoms with E-state index in [4.69, 9.17) is 9.47 Å². The Morgan fingerprint density at radius 2 is 1.52 bits per heavy atom. The molecule has 0 aromatic heterocycles. The highest BCUT2D eigenvalue weighted by atomic mass is 16.5. The molecule has 0 heterocycles. The third-order valence-corrected chi connectivity index (χ3v) is 4.66. The summed E-state index contributed by atoms with van der Waals surface area (Å²) in [5, 5.41) is 14.2. The average molecular weight is 358 g/mol. The van der Waals surface area contributed by atoms with Crippen molar-refractivity contribution >= 4 is 21.5 Å². The molecule has 3 nitrogen and oxygen atoms in total. The van der Waals surface area contributed by atoms with E-state index in [-0.39, 0.29) is 6.61 Å². The fourth-order valence-electron chi connectivity index (χ4n) is 3.14.